The van der Waals surface area contributed by atoms with Gasteiger partial charge in [-0.25, -0.2) is 0 Å². The average molecular weight is 198 g/mol. The van der Waals surface area contributed by atoms with Crippen molar-refractivity contribution >= 4 is 17.1 Å². The Kier molecular flexibility index (Phi) is 4.12. The van der Waals surface area contributed by atoms with Gasteiger partial charge in [0.25, 0.3) is 0 Å². The third kappa shape index (κ3) is 3.28. The standard InChI is InChI=1S/C10H14O2S/c1-3-9-4-5-10(13-9)6-8(11)7-12-2/h4-5H,3,6-7H2,1-2H3. The predicted octanol–water partition coefficient (Wildman–Crippen LogP) is 2.07. The smallest absolute Gasteiger partial charge is 0.163 e. The van der Waals surface area contributed by atoms with Gasteiger partial charge in [0, 0.05) is 23.3 Å². The molecule has 1 aromatic rings. The number of hydrogen-bond acceptors (Lipinski definition) is 3. The van der Waals surface area contributed by atoms with Crippen LogP contribution in [0.3, 0.4) is 0 Å². The summed E-state index contributed by atoms with van der Waals surface area (Å²) in [6.07, 6.45) is 1.56. The van der Waals surface area contributed by atoms with Crippen LogP contribution in [0.15, 0.2) is 12.1 Å². The van der Waals surface area contributed by atoms with E-state index in [1.165, 1.54) is 4.88 Å². The first-order valence-electron chi connectivity index (χ1n) is 4.34. The molecule has 0 spiro atoms. The van der Waals surface area contributed by atoms with Crippen molar-refractivity contribution < 1.29 is 9.53 Å². The molecule has 0 saturated heterocycles. The number of aryl methyl sites for hydroxylation is 1. The number of rotatable bonds is 5. The van der Waals surface area contributed by atoms with Crippen LogP contribution < -0.4 is 0 Å². The minimum absolute atomic E-state index is 0.145. The molecule has 0 atom stereocenters. The molecule has 0 fully saturated rings. The number of Topliss-reactive ketones (excluding diaryl/α,β-unsaturated/α-hetero) is 1. The fourth-order valence-electron chi connectivity index (χ4n) is 1.11. The number of hydrogen-bond donors (Lipinski definition) is 0. The molecule has 0 unspecified atom stereocenters. The Morgan fingerprint density at radius 2 is 2.15 bits per heavy atom. The SMILES string of the molecule is CCc1ccc(CC(=O)COC)s1. The predicted molar refractivity (Wildman–Crippen MR) is 54.3 cm³/mol. The van der Waals surface area contributed by atoms with E-state index in [1.807, 2.05) is 6.07 Å². The molecular formula is C10H14O2S. The highest BCUT2D eigenvalue weighted by Gasteiger charge is 2.05. The molecule has 1 heterocycles. The molecule has 3 heteroatoms. The van der Waals surface area contributed by atoms with E-state index in [2.05, 4.69) is 13.0 Å². The monoisotopic (exact) mass is 198 g/mol. The molecule has 0 radical (unpaired) electrons. The van der Waals surface area contributed by atoms with E-state index in [9.17, 15) is 4.79 Å². The molecule has 0 amide bonds. The molecule has 2 nitrogen and oxygen atoms in total. The van der Waals surface area contributed by atoms with E-state index in [4.69, 9.17) is 4.74 Å². The lowest BCUT2D eigenvalue weighted by Gasteiger charge is -1.95. The lowest BCUT2D eigenvalue weighted by molar-refractivity contribution is -0.121. The summed E-state index contributed by atoms with van der Waals surface area (Å²) >= 11 is 1.71. The summed E-state index contributed by atoms with van der Waals surface area (Å²) < 4.78 is 4.76. The second kappa shape index (κ2) is 5.14. The number of carbonyl (C=O) groups excluding carboxylic acids is 1. The lowest BCUT2D eigenvalue weighted by Crippen LogP contribution is -2.08. The molecule has 0 bridgehead atoms. The van der Waals surface area contributed by atoms with E-state index in [0.29, 0.717) is 6.42 Å². The highest BCUT2D eigenvalue weighted by atomic mass is 32.1. The summed E-state index contributed by atoms with van der Waals surface area (Å²) in [7, 11) is 1.55. The third-order valence-electron chi connectivity index (χ3n) is 1.74. The Labute approximate surface area is 82.5 Å². The normalized spacial score (nSPS) is 10.3. The molecule has 0 aliphatic rings. The molecule has 1 rings (SSSR count). The zero-order valence-electron chi connectivity index (χ0n) is 8.00. The summed E-state index contributed by atoms with van der Waals surface area (Å²) in [6.45, 7) is 2.34. The lowest BCUT2D eigenvalue weighted by atomic mass is 10.2. The first-order valence-corrected chi connectivity index (χ1v) is 5.16. The fraction of sp³-hybridized carbons (Fsp3) is 0.500. The van der Waals surface area contributed by atoms with Gasteiger partial charge in [-0.05, 0) is 18.6 Å². The first kappa shape index (κ1) is 10.4. The van der Waals surface area contributed by atoms with Crippen molar-refractivity contribution in [3.63, 3.8) is 0 Å². The number of ether oxygens (including phenoxy) is 1. The van der Waals surface area contributed by atoms with E-state index >= 15 is 0 Å². The molecule has 13 heavy (non-hydrogen) atoms. The van der Waals surface area contributed by atoms with Crippen molar-refractivity contribution in [1.29, 1.82) is 0 Å². The van der Waals surface area contributed by atoms with Crippen molar-refractivity contribution in [1.82, 2.24) is 0 Å². The van der Waals surface area contributed by atoms with Gasteiger partial charge in [0.2, 0.25) is 0 Å². The fourth-order valence-corrected chi connectivity index (χ4v) is 2.10. The van der Waals surface area contributed by atoms with Gasteiger partial charge < -0.3 is 4.74 Å². The van der Waals surface area contributed by atoms with Crippen LogP contribution in [0.2, 0.25) is 0 Å². The maximum atomic E-state index is 11.2. The van der Waals surface area contributed by atoms with Gasteiger partial charge in [0.15, 0.2) is 5.78 Å². The molecule has 0 aliphatic heterocycles. The molecule has 72 valence electrons. The van der Waals surface area contributed by atoms with Crippen molar-refractivity contribution in [2.24, 2.45) is 0 Å². The van der Waals surface area contributed by atoms with Gasteiger partial charge >= 0.3 is 0 Å². The number of thiophene rings is 1. The van der Waals surface area contributed by atoms with Crippen molar-refractivity contribution in [2.75, 3.05) is 13.7 Å². The first-order chi connectivity index (χ1) is 6.26. The van der Waals surface area contributed by atoms with Gasteiger partial charge in [0.1, 0.15) is 6.61 Å². The van der Waals surface area contributed by atoms with Crippen LogP contribution in [0.25, 0.3) is 0 Å². The Morgan fingerprint density at radius 3 is 2.69 bits per heavy atom. The number of methoxy groups -OCH3 is 1. The van der Waals surface area contributed by atoms with Crippen LogP contribution in [0, 0.1) is 0 Å². The minimum Gasteiger partial charge on any atom is -0.377 e. The molecule has 0 saturated carbocycles. The molecule has 1 aromatic heterocycles. The average Bonchev–Trinajstić information content (AvgIpc) is 2.52. The van der Waals surface area contributed by atoms with Crippen LogP contribution in [0.5, 0.6) is 0 Å². The van der Waals surface area contributed by atoms with Crippen LogP contribution in [-0.2, 0) is 22.4 Å². The summed E-state index contributed by atoms with van der Waals surface area (Å²) in [5, 5.41) is 0. The van der Waals surface area contributed by atoms with Gasteiger partial charge in [-0.15, -0.1) is 11.3 Å². The second-order valence-electron chi connectivity index (χ2n) is 2.87. The maximum Gasteiger partial charge on any atom is 0.163 e. The second-order valence-corrected chi connectivity index (χ2v) is 4.12. The Morgan fingerprint density at radius 1 is 1.46 bits per heavy atom. The minimum atomic E-state index is 0.145. The quantitative estimate of drug-likeness (QED) is 0.724. The largest absolute Gasteiger partial charge is 0.377 e. The highest BCUT2D eigenvalue weighted by molar-refractivity contribution is 7.12. The van der Waals surface area contributed by atoms with E-state index in [-0.39, 0.29) is 12.4 Å². The van der Waals surface area contributed by atoms with Crippen molar-refractivity contribution in [3.05, 3.63) is 21.9 Å². The summed E-state index contributed by atoms with van der Waals surface area (Å²) in [6, 6.07) is 4.11. The summed E-state index contributed by atoms with van der Waals surface area (Å²) in [5.41, 5.74) is 0. The van der Waals surface area contributed by atoms with E-state index in [1.54, 1.807) is 18.4 Å². The van der Waals surface area contributed by atoms with Gasteiger partial charge in [-0.2, -0.15) is 0 Å². The topological polar surface area (TPSA) is 26.3 Å². The van der Waals surface area contributed by atoms with Crippen LogP contribution in [0.1, 0.15) is 16.7 Å². The number of ketones is 1. The molecule has 0 aliphatic carbocycles. The maximum absolute atomic E-state index is 11.2. The Balaban J connectivity index is 2.49. The van der Waals surface area contributed by atoms with Gasteiger partial charge in [-0.1, -0.05) is 6.92 Å². The molecule has 0 N–H and O–H groups in total. The van der Waals surface area contributed by atoms with Crippen molar-refractivity contribution in [2.45, 2.75) is 19.8 Å². The third-order valence-corrected chi connectivity index (χ3v) is 2.97. The Bertz CT molecular complexity index is 278. The summed E-state index contributed by atoms with van der Waals surface area (Å²) in [5.74, 6) is 0.145. The molecule has 0 aromatic carbocycles. The Hall–Kier alpha value is -0.670. The van der Waals surface area contributed by atoms with E-state index in [0.717, 1.165) is 11.3 Å². The zero-order chi connectivity index (χ0) is 9.68. The zero-order valence-corrected chi connectivity index (χ0v) is 8.82. The van der Waals surface area contributed by atoms with Crippen molar-refractivity contribution in [3.8, 4) is 0 Å². The van der Waals surface area contributed by atoms with Gasteiger partial charge in [-0.3, -0.25) is 4.79 Å². The van der Waals surface area contributed by atoms with Crippen LogP contribution in [0.4, 0.5) is 0 Å². The highest BCUT2D eigenvalue weighted by Crippen LogP contribution is 2.17. The number of carbonyl (C=O) groups is 1. The van der Waals surface area contributed by atoms with Gasteiger partial charge in [0.05, 0.1) is 0 Å². The summed E-state index contributed by atoms with van der Waals surface area (Å²) in [4.78, 5) is 13.7. The van der Waals surface area contributed by atoms with Crippen LogP contribution in [-0.4, -0.2) is 19.5 Å². The van der Waals surface area contributed by atoms with Crippen LogP contribution >= 0.6 is 11.3 Å². The molecular weight excluding hydrogens is 184 g/mol. The van der Waals surface area contributed by atoms with E-state index < -0.39 is 0 Å².